The second kappa shape index (κ2) is 3.50. The predicted octanol–water partition coefficient (Wildman–Crippen LogP) is 1.47. The van der Waals surface area contributed by atoms with E-state index in [0.717, 1.165) is 5.56 Å². The molecule has 0 aliphatic heterocycles. The van der Waals surface area contributed by atoms with Crippen molar-refractivity contribution in [3.05, 3.63) is 22.4 Å². The van der Waals surface area contributed by atoms with Gasteiger partial charge in [-0.2, -0.15) is 11.3 Å². The van der Waals surface area contributed by atoms with Crippen molar-refractivity contribution in [1.29, 1.82) is 0 Å². The summed E-state index contributed by atoms with van der Waals surface area (Å²) in [5.74, 6) is 0. The van der Waals surface area contributed by atoms with Crippen molar-refractivity contribution < 1.29 is 14.4 Å². The smallest absolute Gasteiger partial charge is 0.324 e. The minimum atomic E-state index is -3.80. The molecule has 3 nitrogen and oxygen atoms in total. The average molecular weight is 192 g/mol. The SMILES string of the molecule is O=P(O)(O)CCc1ccsc1. The highest BCUT2D eigenvalue weighted by Crippen LogP contribution is 2.34. The minimum Gasteiger partial charge on any atom is -0.324 e. The molecule has 1 aromatic rings. The average Bonchev–Trinajstić information content (AvgIpc) is 2.32. The highest BCUT2D eigenvalue weighted by Gasteiger charge is 2.11. The van der Waals surface area contributed by atoms with Gasteiger partial charge in [0.1, 0.15) is 0 Å². The van der Waals surface area contributed by atoms with E-state index in [0.29, 0.717) is 6.42 Å². The molecule has 0 radical (unpaired) electrons. The Bertz CT molecular complexity index is 251. The third-order valence-corrected chi connectivity index (χ3v) is 2.81. The quantitative estimate of drug-likeness (QED) is 0.713. The molecule has 0 saturated carbocycles. The summed E-state index contributed by atoms with van der Waals surface area (Å²) in [5, 5.41) is 3.80. The third-order valence-electron chi connectivity index (χ3n) is 1.27. The molecule has 0 atom stereocenters. The standard InChI is InChI=1S/C6H9O3PS/c7-10(8,9)3-1-6-2-4-11-5-6/h2,4-5H,1,3H2,(H2,7,8,9). The van der Waals surface area contributed by atoms with Crippen LogP contribution in [-0.2, 0) is 11.0 Å². The second-order valence-electron chi connectivity index (χ2n) is 2.27. The van der Waals surface area contributed by atoms with E-state index >= 15 is 0 Å². The van der Waals surface area contributed by atoms with Crippen LogP contribution in [-0.4, -0.2) is 15.9 Å². The Labute approximate surface area is 68.9 Å². The maximum Gasteiger partial charge on any atom is 0.325 e. The molecule has 2 N–H and O–H groups in total. The molecule has 5 heteroatoms. The van der Waals surface area contributed by atoms with Gasteiger partial charge in [-0.05, 0) is 28.8 Å². The van der Waals surface area contributed by atoms with Crippen LogP contribution in [0.2, 0.25) is 0 Å². The van der Waals surface area contributed by atoms with Gasteiger partial charge in [0.2, 0.25) is 0 Å². The molecule has 0 saturated heterocycles. The van der Waals surface area contributed by atoms with Gasteiger partial charge in [0, 0.05) is 0 Å². The van der Waals surface area contributed by atoms with E-state index in [-0.39, 0.29) is 6.16 Å². The lowest BCUT2D eigenvalue weighted by Crippen LogP contribution is -1.91. The van der Waals surface area contributed by atoms with Gasteiger partial charge in [0.15, 0.2) is 0 Å². The molecule has 0 amide bonds. The second-order valence-corrected chi connectivity index (χ2v) is 4.83. The fourth-order valence-electron chi connectivity index (χ4n) is 0.710. The van der Waals surface area contributed by atoms with Gasteiger partial charge in [0.25, 0.3) is 0 Å². The van der Waals surface area contributed by atoms with Crippen molar-refractivity contribution in [3.63, 3.8) is 0 Å². The molecule has 11 heavy (non-hydrogen) atoms. The topological polar surface area (TPSA) is 57.5 Å². The minimum absolute atomic E-state index is 0.0519. The molecular formula is C6H9O3PS. The van der Waals surface area contributed by atoms with Crippen LogP contribution >= 0.6 is 18.9 Å². The normalized spacial score (nSPS) is 11.8. The highest BCUT2D eigenvalue weighted by atomic mass is 32.1. The van der Waals surface area contributed by atoms with Gasteiger partial charge in [-0.15, -0.1) is 0 Å². The first-order valence-corrected chi connectivity index (χ1v) is 5.87. The van der Waals surface area contributed by atoms with Gasteiger partial charge in [-0.25, -0.2) is 0 Å². The lowest BCUT2D eigenvalue weighted by molar-refractivity contribution is 0.373. The Morgan fingerprint density at radius 2 is 2.27 bits per heavy atom. The monoisotopic (exact) mass is 192 g/mol. The molecule has 0 aromatic carbocycles. The first kappa shape index (κ1) is 8.94. The van der Waals surface area contributed by atoms with Gasteiger partial charge in [0.05, 0.1) is 6.16 Å². The molecule has 0 unspecified atom stereocenters. The number of hydrogen-bond donors (Lipinski definition) is 2. The summed E-state index contributed by atoms with van der Waals surface area (Å²) in [7, 11) is -3.80. The van der Waals surface area contributed by atoms with Crippen molar-refractivity contribution in [1.82, 2.24) is 0 Å². The zero-order valence-corrected chi connectivity index (χ0v) is 7.52. The van der Waals surface area contributed by atoms with Gasteiger partial charge < -0.3 is 9.79 Å². The van der Waals surface area contributed by atoms with E-state index in [9.17, 15) is 4.57 Å². The van der Waals surface area contributed by atoms with Crippen molar-refractivity contribution >= 4 is 18.9 Å². The third kappa shape index (κ3) is 3.68. The van der Waals surface area contributed by atoms with Crippen LogP contribution in [0.15, 0.2) is 16.8 Å². The molecule has 62 valence electrons. The summed E-state index contributed by atoms with van der Waals surface area (Å²) in [5.41, 5.74) is 0.998. The highest BCUT2D eigenvalue weighted by molar-refractivity contribution is 7.51. The lowest BCUT2D eigenvalue weighted by atomic mass is 10.3. The number of aryl methyl sites for hydroxylation is 1. The van der Waals surface area contributed by atoms with Gasteiger partial charge in [-0.3, -0.25) is 4.57 Å². The van der Waals surface area contributed by atoms with Crippen LogP contribution in [0, 0.1) is 0 Å². The number of rotatable bonds is 3. The van der Waals surface area contributed by atoms with E-state index in [1.54, 1.807) is 0 Å². The summed E-state index contributed by atoms with van der Waals surface area (Å²) in [4.78, 5) is 17.1. The van der Waals surface area contributed by atoms with Gasteiger partial charge >= 0.3 is 7.60 Å². The number of thiophene rings is 1. The van der Waals surface area contributed by atoms with Crippen molar-refractivity contribution in [3.8, 4) is 0 Å². The van der Waals surface area contributed by atoms with E-state index in [2.05, 4.69) is 0 Å². The summed E-state index contributed by atoms with van der Waals surface area (Å²) in [6.45, 7) is 0. The van der Waals surface area contributed by atoms with E-state index in [1.165, 1.54) is 11.3 Å². The van der Waals surface area contributed by atoms with Crippen LogP contribution in [0.25, 0.3) is 0 Å². The summed E-state index contributed by atoms with van der Waals surface area (Å²) in [6, 6.07) is 1.88. The van der Waals surface area contributed by atoms with Crippen molar-refractivity contribution in [2.45, 2.75) is 6.42 Å². The molecule has 0 fully saturated rings. The largest absolute Gasteiger partial charge is 0.325 e. The van der Waals surface area contributed by atoms with E-state index in [1.807, 2.05) is 16.8 Å². The van der Waals surface area contributed by atoms with Gasteiger partial charge in [-0.1, -0.05) is 0 Å². The Morgan fingerprint density at radius 3 is 2.73 bits per heavy atom. The molecule has 1 aromatic heterocycles. The predicted molar refractivity (Wildman–Crippen MR) is 44.9 cm³/mol. The molecule has 0 spiro atoms. The zero-order chi connectivity index (χ0) is 8.32. The first-order chi connectivity index (χ1) is 5.08. The fourth-order valence-corrected chi connectivity index (χ4v) is 1.96. The lowest BCUT2D eigenvalue weighted by Gasteiger charge is -2.00. The molecular weight excluding hydrogens is 183 g/mol. The maximum absolute atomic E-state index is 10.4. The van der Waals surface area contributed by atoms with E-state index < -0.39 is 7.60 Å². The zero-order valence-electron chi connectivity index (χ0n) is 5.80. The summed E-state index contributed by atoms with van der Waals surface area (Å²) >= 11 is 1.54. The van der Waals surface area contributed by atoms with Crippen molar-refractivity contribution in [2.24, 2.45) is 0 Å². The molecule has 0 aliphatic rings. The van der Waals surface area contributed by atoms with Crippen LogP contribution < -0.4 is 0 Å². The summed E-state index contributed by atoms with van der Waals surface area (Å²) in [6.07, 6.45) is 0.414. The molecule has 0 bridgehead atoms. The molecule has 1 heterocycles. The molecule has 0 aliphatic carbocycles. The van der Waals surface area contributed by atoms with Crippen LogP contribution in [0.3, 0.4) is 0 Å². The Hall–Kier alpha value is -0.150. The number of hydrogen-bond acceptors (Lipinski definition) is 2. The van der Waals surface area contributed by atoms with Crippen molar-refractivity contribution in [2.75, 3.05) is 6.16 Å². The summed E-state index contributed by atoms with van der Waals surface area (Å²) < 4.78 is 10.4. The van der Waals surface area contributed by atoms with E-state index in [4.69, 9.17) is 9.79 Å². The maximum atomic E-state index is 10.4. The van der Waals surface area contributed by atoms with Crippen LogP contribution in [0.5, 0.6) is 0 Å². The fraction of sp³-hybridized carbons (Fsp3) is 0.333. The Kier molecular flexibility index (Phi) is 2.84. The van der Waals surface area contributed by atoms with Crippen LogP contribution in [0.4, 0.5) is 0 Å². The first-order valence-electron chi connectivity index (χ1n) is 3.13. The van der Waals surface area contributed by atoms with Crippen LogP contribution in [0.1, 0.15) is 5.56 Å². The Balaban J connectivity index is 2.41. The molecule has 1 rings (SSSR count). The Morgan fingerprint density at radius 1 is 1.55 bits per heavy atom.